The molecule has 0 aliphatic heterocycles. The van der Waals surface area contributed by atoms with E-state index in [1.807, 2.05) is 39.8 Å². The van der Waals surface area contributed by atoms with Crippen LogP contribution in [0.4, 0.5) is 11.4 Å². The molecule has 0 unspecified atom stereocenters. The lowest BCUT2D eigenvalue weighted by atomic mass is 9.95. The number of benzene rings is 1. The standard InChI is InChI=1S/C17H27N3O3/c1-12-6-7-13(19-15(21)11-18-8-9-23-5)10-14(12)20-16(22)17(2,3)4/h6-7,10,18H,8-9,11H2,1-5H3,(H,19,21)(H,20,22). The first-order valence-electron chi connectivity index (χ1n) is 7.65. The minimum Gasteiger partial charge on any atom is -0.383 e. The maximum absolute atomic E-state index is 12.1. The zero-order valence-corrected chi connectivity index (χ0v) is 14.6. The van der Waals surface area contributed by atoms with Crippen LogP contribution in [0.25, 0.3) is 0 Å². The van der Waals surface area contributed by atoms with Crippen LogP contribution in [0.3, 0.4) is 0 Å². The highest BCUT2D eigenvalue weighted by atomic mass is 16.5. The van der Waals surface area contributed by atoms with Crippen molar-refractivity contribution in [1.29, 1.82) is 0 Å². The molecule has 0 aliphatic carbocycles. The Hall–Kier alpha value is -1.92. The number of nitrogens with one attached hydrogen (secondary N) is 3. The van der Waals surface area contributed by atoms with Crippen molar-refractivity contribution in [3.63, 3.8) is 0 Å². The van der Waals surface area contributed by atoms with Gasteiger partial charge in [-0.2, -0.15) is 0 Å². The van der Waals surface area contributed by atoms with E-state index in [-0.39, 0.29) is 18.4 Å². The molecule has 6 nitrogen and oxygen atoms in total. The summed E-state index contributed by atoms with van der Waals surface area (Å²) in [6.07, 6.45) is 0. The van der Waals surface area contributed by atoms with E-state index >= 15 is 0 Å². The van der Waals surface area contributed by atoms with E-state index in [0.717, 1.165) is 5.56 Å². The van der Waals surface area contributed by atoms with Crippen LogP contribution in [0.15, 0.2) is 18.2 Å². The molecule has 0 saturated heterocycles. The summed E-state index contributed by atoms with van der Waals surface area (Å²) >= 11 is 0. The molecule has 23 heavy (non-hydrogen) atoms. The van der Waals surface area contributed by atoms with Crippen LogP contribution in [0.5, 0.6) is 0 Å². The minimum absolute atomic E-state index is 0.0645. The minimum atomic E-state index is -0.475. The number of hydrogen-bond donors (Lipinski definition) is 3. The molecule has 0 heterocycles. The van der Waals surface area contributed by atoms with Crippen LogP contribution in [0.2, 0.25) is 0 Å². The Labute approximate surface area is 138 Å². The van der Waals surface area contributed by atoms with Gasteiger partial charge < -0.3 is 20.7 Å². The fourth-order valence-corrected chi connectivity index (χ4v) is 1.73. The third kappa shape index (κ3) is 6.80. The number of amides is 2. The van der Waals surface area contributed by atoms with Gasteiger partial charge in [0.05, 0.1) is 13.2 Å². The van der Waals surface area contributed by atoms with Crippen molar-refractivity contribution in [2.24, 2.45) is 5.41 Å². The molecule has 0 saturated carbocycles. The van der Waals surface area contributed by atoms with E-state index in [2.05, 4.69) is 16.0 Å². The van der Waals surface area contributed by atoms with E-state index in [0.29, 0.717) is 24.5 Å². The fraction of sp³-hybridized carbons (Fsp3) is 0.529. The van der Waals surface area contributed by atoms with Gasteiger partial charge in [-0.3, -0.25) is 9.59 Å². The Balaban J connectivity index is 2.66. The smallest absolute Gasteiger partial charge is 0.238 e. The van der Waals surface area contributed by atoms with Crippen LogP contribution < -0.4 is 16.0 Å². The zero-order chi connectivity index (χ0) is 17.5. The topological polar surface area (TPSA) is 79.5 Å². The number of carbonyl (C=O) groups is 2. The van der Waals surface area contributed by atoms with E-state index < -0.39 is 5.41 Å². The molecule has 0 radical (unpaired) electrons. The molecule has 0 spiro atoms. The Morgan fingerprint density at radius 2 is 1.87 bits per heavy atom. The van der Waals surface area contributed by atoms with E-state index in [1.165, 1.54) is 0 Å². The molecular formula is C17H27N3O3. The first-order chi connectivity index (χ1) is 10.7. The summed E-state index contributed by atoms with van der Waals surface area (Å²) in [7, 11) is 1.61. The molecule has 1 aromatic carbocycles. The summed E-state index contributed by atoms with van der Waals surface area (Å²) < 4.78 is 4.90. The molecule has 0 aliphatic rings. The monoisotopic (exact) mass is 321 g/mol. The summed E-state index contributed by atoms with van der Waals surface area (Å²) in [5, 5.41) is 8.68. The van der Waals surface area contributed by atoms with Crippen molar-refractivity contribution < 1.29 is 14.3 Å². The van der Waals surface area contributed by atoms with Crippen LogP contribution in [0.1, 0.15) is 26.3 Å². The van der Waals surface area contributed by atoms with Gasteiger partial charge in [-0.05, 0) is 24.6 Å². The van der Waals surface area contributed by atoms with Gasteiger partial charge in [-0.1, -0.05) is 26.8 Å². The van der Waals surface area contributed by atoms with Gasteiger partial charge in [0.15, 0.2) is 0 Å². The van der Waals surface area contributed by atoms with Crippen LogP contribution in [-0.2, 0) is 14.3 Å². The molecule has 2 amide bonds. The summed E-state index contributed by atoms with van der Waals surface area (Å²) in [5.41, 5.74) is 1.82. The Bertz CT molecular complexity index is 551. The number of anilines is 2. The molecule has 6 heteroatoms. The second kappa shape index (κ2) is 8.64. The number of methoxy groups -OCH3 is 1. The lowest BCUT2D eigenvalue weighted by Gasteiger charge is -2.19. The molecule has 128 valence electrons. The molecule has 0 atom stereocenters. The van der Waals surface area contributed by atoms with Crippen molar-refractivity contribution in [2.45, 2.75) is 27.7 Å². The molecule has 1 aromatic rings. The summed E-state index contributed by atoms with van der Waals surface area (Å²) in [6, 6.07) is 5.45. The van der Waals surface area contributed by atoms with Crippen LogP contribution in [-0.4, -0.2) is 38.6 Å². The van der Waals surface area contributed by atoms with Crippen molar-refractivity contribution in [1.82, 2.24) is 5.32 Å². The number of rotatable bonds is 7. The van der Waals surface area contributed by atoms with Gasteiger partial charge in [0.1, 0.15) is 0 Å². The lowest BCUT2D eigenvalue weighted by molar-refractivity contribution is -0.123. The molecule has 0 fully saturated rings. The third-order valence-electron chi connectivity index (χ3n) is 3.22. The summed E-state index contributed by atoms with van der Waals surface area (Å²) in [4.78, 5) is 24.0. The predicted octanol–water partition coefficient (Wildman–Crippen LogP) is 2.15. The Morgan fingerprint density at radius 3 is 2.48 bits per heavy atom. The lowest BCUT2D eigenvalue weighted by Crippen LogP contribution is -2.30. The molecule has 1 rings (SSSR count). The number of carbonyl (C=O) groups excluding carboxylic acids is 2. The fourth-order valence-electron chi connectivity index (χ4n) is 1.73. The van der Waals surface area contributed by atoms with Crippen molar-refractivity contribution >= 4 is 23.2 Å². The van der Waals surface area contributed by atoms with Gasteiger partial charge in [0.25, 0.3) is 0 Å². The quantitative estimate of drug-likeness (QED) is 0.672. The van der Waals surface area contributed by atoms with Crippen LogP contribution >= 0.6 is 0 Å². The van der Waals surface area contributed by atoms with Crippen molar-refractivity contribution in [2.75, 3.05) is 37.4 Å². The Morgan fingerprint density at radius 1 is 1.17 bits per heavy atom. The van der Waals surface area contributed by atoms with Gasteiger partial charge in [0.2, 0.25) is 11.8 Å². The normalized spacial score (nSPS) is 11.2. The highest BCUT2D eigenvalue weighted by Gasteiger charge is 2.21. The molecule has 3 N–H and O–H groups in total. The van der Waals surface area contributed by atoms with E-state index in [9.17, 15) is 9.59 Å². The van der Waals surface area contributed by atoms with Gasteiger partial charge >= 0.3 is 0 Å². The van der Waals surface area contributed by atoms with Crippen molar-refractivity contribution in [3.05, 3.63) is 23.8 Å². The van der Waals surface area contributed by atoms with Crippen molar-refractivity contribution in [3.8, 4) is 0 Å². The first kappa shape index (κ1) is 19.1. The molecule has 0 bridgehead atoms. The van der Waals surface area contributed by atoms with E-state index in [1.54, 1.807) is 13.2 Å². The number of aryl methyl sites for hydroxylation is 1. The van der Waals surface area contributed by atoms with E-state index in [4.69, 9.17) is 4.74 Å². The predicted molar refractivity (Wildman–Crippen MR) is 92.6 cm³/mol. The first-order valence-corrected chi connectivity index (χ1v) is 7.65. The van der Waals surface area contributed by atoms with Gasteiger partial charge in [-0.15, -0.1) is 0 Å². The second-order valence-electron chi connectivity index (χ2n) is 6.45. The largest absolute Gasteiger partial charge is 0.383 e. The van der Waals surface area contributed by atoms with Crippen LogP contribution in [0, 0.1) is 12.3 Å². The highest BCUT2D eigenvalue weighted by Crippen LogP contribution is 2.23. The number of hydrogen-bond acceptors (Lipinski definition) is 4. The molecule has 0 aromatic heterocycles. The van der Waals surface area contributed by atoms with Gasteiger partial charge in [0, 0.05) is 30.4 Å². The average molecular weight is 321 g/mol. The maximum atomic E-state index is 12.1. The third-order valence-corrected chi connectivity index (χ3v) is 3.22. The average Bonchev–Trinajstić information content (AvgIpc) is 2.46. The number of ether oxygens (including phenoxy) is 1. The van der Waals surface area contributed by atoms with Gasteiger partial charge in [-0.25, -0.2) is 0 Å². The summed E-state index contributed by atoms with van der Waals surface area (Å²) in [5.74, 6) is -0.205. The highest BCUT2D eigenvalue weighted by molar-refractivity contribution is 5.97. The zero-order valence-electron chi connectivity index (χ0n) is 14.6. The maximum Gasteiger partial charge on any atom is 0.238 e. The summed E-state index contributed by atoms with van der Waals surface area (Å²) in [6.45, 7) is 8.86. The second-order valence-corrected chi connectivity index (χ2v) is 6.45. The SMILES string of the molecule is COCCNCC(=O)Nc1ccc(C)c(NC(=O)C(C)(C)C)c1. The Kier molecular flexibility index (Phi) is 7.19. The molecular weight excluding hydrogens is 294 g/mol.